The highest BCUT2D eigenvalue weighted by molar-refractivity contribution is 7.07. The topological polar surface area (TPSA) is 62.8 Å². The molecule has 0 radical (unpaired) electrons. The number of nitrogens with zero attached hydrogens (tertiary/aromatic N) is 4. The maximum atomic E-state index is 6.40. The van der Waals surface area contributed by atoms with Gasteiger partial charge >= 0.3 is 0 Å². The molecule has 2 aromatic heterocycles. The summed E-state index contributed by atoms with van der Waals surface area (Å²) in [6, 6.07) is 9.17. The minimum Gasteiger partial charge on any atom is -0.493 e. The standard InChI is InChI=1S/C24H24Cl2N4O3S/c1-31-21-11-16(12-22(32-2)23(21)33-3)20-14-34-24(28-19-6-5-17(25)13-18(19)26)30(20)9-4-8-29-10-7-27-15-29/h5-7,10-15H,4,8-9H2,1-3H3. The highest BCUT2D eigenvalue weighted by Crippen LogP contribution is 2.41. The smallest absolute Gasteiger partial charge is 0.203 e. The lowest BCUT2D eigenvalue weighted by Gasteiger charge is -2.15. The van der Waals surface area contributed by atoms with Crippen molar-refractivity contribution in [1.82, 2.24) is 14.1 Å². The first-order valence-corrected chi connectivity index (χ1v) is 12.1. The highest BCUT2D eigenvalue weighted by Gasteiger charge is 2.17. The third kappa shape index (κ3) is 5.24. The van der Waals surface area contributed by atoms with Crippen LogP contribution in [0.3, 0.4) is 0 Å². The maximum Gasteiger partial charge on any atom is 0.203 e. The third-order valence-electron chi connectivity index (χ3n) is 5.24. The van der Waals surface area contributed by atoms with E-state index in [9.17, 15) is 0 Å². The molecule has 7 nitrogen and oxygen atoms in total. The van der Waals surface area contributed by atoms with Gasteiger partial charge in [0.05, 0.1) is 44.1 Å². The van der Waals surface area contributed by atoms with Crippen molar-refractivity contribution in [1.29, 1.82) is 0 Å². The average molecular weight is 519 g/mol. The number of aryl methyl sites for hydroxylation is 1. The summed E-state index contributed by atoms with van der Waals surface area (Å²) in [5.41, 5.74) is 2.57. The van der Waals surface area contributed by atoms with Crippen molar-refractivity contribution in [2.45, 2.75) is 19.5 Å². The molecule has 2 aromatic carbocycles. The molecule has 0 saturated heterocycles. The van der Waals surface area contributed by atoms with E-state index in [0.717, 1.165) is 35.6 Å². The van der Waals surface area contributed by atoms with E-state index in [-0.39, 0.29) is 0 Å². The Morgan fingerprint density at radius 2 is 1.76 bits per heavy atom. The summed E-state index contributed by atoms with van der Waals surface area (Å²) >= 11 is 14.0. The van der Waals surface area contributed by atoms with Crippen LogP contribution in [0.4, 0.5) is 5.69 Å². The van der Waals surface area contributed by atoms with Crippen LogP contribution < -0.4 is 19.0 Å². The second kappa shape index (κ2) is 11.0. The summed E-state index contributed by atoms with van der Waals surface area (Å²) in [5.74, 6) is 1.73. The van der Waals surface area contributed by atoms with Crippen molar-refractivity contribution in [3.63, 3.8) is 0 Å². The van der Waals surface area contributed by atoms with Crippen molar-refractivity contribution in [3.8, 4) is 28.5 Å². The summed E-state index contributed by atoms with van der Waals surface area (Å²) in [7, 11) is 4.81. The first-order chi connectivity index (χ1) is 16.5. The molecule has 2 heterocycles. The number of thiazole rings is 1. The van der Waals surface area contributed by atoms with Gasteiger partial charge in [-0.3, -0.25) is 0 Å². The lowest BCUT2D eigenvalue weighted by Crippen LogP contribution is -2.17. The molecule has 0 amide bonds. The van der Waals surface area contributed by atoms with Crippen LogP contribution in [-0.2, 0) is 13.1 Å². The van der Waals surface area contributed by atoms with Gasteiger partial charge in [0.1, 0.15) is 0 Å². The molecule has 4 rings (SSSR count). The maximum absolute atomic E-state index is 6.40. The fourth-order valence-corrected chi connectivity index (χ4v) is 5.00. The Kier molecular flexibility index (Phi) is 7.82. The van der Waals surface area contributed by atoms with Gasteiger partial charge in [0, 0.05) is 41.4 Å². The Hall–Kier alpha value is -2.94. The van der Waals surface area contributed by atoms with Gasteiger partial charge in [-0.05, 0) is 36.8 Å². The van der Waals surface area contributed by atoms with Crippen LogP contribution in [0.25, 0.3) is 11.3 Å². The first kappa shape index (κ1) is 24.2. The predicted octanol–water partition coefficient (Wildman–Crippen LogP) is 6.07. The zero-order valence-electron chi connectivity index (χ0n) is 19.0. The molecule has 0 spiro atoms. The number of ether oxygens (including phenoxy) is 3. The fourth-order valence-electron chi connectivity index (χ4n) is 3.60. The average Bonchev–Trinajstić information content (AvgIpc) is 3.50. The molecule has 0 atom stereocenters. The van der Waals surface area contributed by atoms with Crippen molar-refractivity contribution in [3.05, 3.63) is 69.3 Å². The van der Waals surface area contributed by atoms with Crippen LogP contribution in [0.1, 0.15) is 6.42 Å². The monoisotopic (exact) mass is 518 g/mol. The molecule has 0 aliphatic rings. The van der Waals surface area contributed by atoms with Gasteiger partial charge in [-0.15, -0.1) is 11.3 Å². The number of hydrogen-bond donors (Lipinski definition) is 0. The second-order valence-corrected chi connectivity index (χ2v) is 9.01. The van der Waals surface area contributed by atoms with Crippen molar-refractivity contribution >= 4 is 40.2 Å². The SMILES string of the molecule is COc1cc(-c2csc(=Nc3ccc(Cl)cc3Cl)n2CCCn2ccnc2)cc(OC)c1OC. The van der Waals surface area contributed by atoms with Gasteiger partial charge < -0.3 is 23.3 Å². The Balaban J connectivity index is 1.80. The molecule has 178 valence electrons. The lowest BCUT2D eigenvalue weighted by atomic mass is 10.1. The molecule has 4 aromatic rings. The molecule has 0 aliphatic heterocycles. The van der Waals surface area contributed by atoms with Crippen LogP contribution in [-0.4, -0.2) is 35.4 Å². The first-order valence-electron chi connectivity index (χ1n) is 10.5. The molecule has 10 heteroatoms. The van der Waals surface area contributed by atoms with Crippen molar-refractivity contribution < 1.29 is 14.2 Å². The van der Waals surface area contributed by atoms with Crippen molar-refractivity contribution in [2.75, 3.05) is 21.3 Å². The number of halogens is 2. The molecule has 34 heavy (non-hydrogen) atoms. The fraction of sp³-hybridized carbons (Fsp3) is 0.250. The van der Waals surface area contributed by atoms with Crippen LogP contribution in [0, 0.1) is 0 Å². The largest absolute Gasteiger partial charge is 0.493 e. The predicted molar refractivity (Wildman–Crippen MR) is 136 cm³/mol. The number of aromatic nitrogens is 3. The number of imidazole rings is 1. The normalized spacial score (nSPS) is 11.6. The van der Waals surface area contributed by atoms with Gasteiger partial charge in [0.25, 0.3) is 0 Å². The molecule has 0 aliphatic carbocycles. The summed E-state index contributed by atoms with van der Waals surface area (Å²) in [6.07, 6.45) is 6.43. The minimum atomic E-state index is 0.500. The van der Waals surface area contributed by atoms with E-state index < -0.39 is 0 Å². The van der Waals surface area contributed by atoms with Crippen LogP contribution in [0.2, 0.25) is 10.0 Å². The minimum absolute atomic E-state index is 0.500. The zero-order valence-corrected chi connectivity index (χ0v) is 21.3. The number of hydrogen-bond acceptors (Lipinski definition) is 6. The van der Waals surface area contributed by atoms with Gasteiger partial charge in [-0.2, -0.15) is 0 Å². The molecule has 0 saturated carbocycles. The Morgan fingerprint density at radius 3 is 2.38 bits per heavy atom. The van der Waals surface area contributed by atoms with Crippen LogP contribution >= 0.6 is 34.5 Å². The van der Waals surface area contributed by atoms with E-state index in [0.29, 0.717) is 33.0 Å². The quantitative estimate of drug-likeness (QED) is 0.269. The molecule has 0 fully saturated rings. The second-order valence-electron chi connectivity index (χ2n) is 7.33. The van der Waals surface area contributed by atoms with E-state index >= 15 is 0 Å². The van der Waals surface area contributed by atoms with Gasteiger partial charge in [0.15, 0.2) is 16.3 Å². The molecular weight excluding hydrogens is 495 g/mol. The van der Waals surface area contributed by atoms with Crippen LogP contribution in [0.15, 0.2) is 59.4 Å². The van der Waals surface area contributed by atoms with E-state index in [1.165, 1.54) is 11.3 Å². The molecule has 0 N–H and O–H groups in total. The number of rotatable bonds is 9. The van der Waals surface area contributed by atoms with E-state index in [1.807, 2.05) is 30.7 Å². The van der Waals surface area contributed by atoms with Crippen LogP contribution in [0.5, 0.6) is 17.2 Å². The Morgan fingerprint density at radius 1 is 1.00 bits per heavy atom. The Bertz CT molecular complexity index is 1310. The Labute approximate surface area is 211 Å². The summed E-state index contributed by atoms with van der Waals surface area (Å²) < 4.78 is 20.8. The molecular formula is C24H24Cl2N4O3S. The van der Waals surface area contributed by atoms with Gasteiger partial charge in [-0.1, -0.05) is 23.2 Å². The molecule has 0 unspecified atom stereocenters. The summed E-state index contributed by atoms with van der Waals surface area (Å²) in [6.45, 7) is 1.57. The van der Waals surface area contributed by atoms with Gasteiger partial charge in [-0.25, -0.2) is 9.98 Å². The lowest BCUT2D eigenvalue weighted by molar-refractivity contribution is 0.324. The number of methoxy groups -OCH3 is 3. The highest BCUT2D eigenvalue weighted by atomic mass is 35.5. The van der Waals surface area contributed by atoms with Gasteiger partial charge in [0.2, 0.25) is 5.75 Å². The van der Waals surface area contributed by atoms with E-state index in [4.69, 9.17) is 42.4 Å². The summed E-state index contributed by atoms with van der Waals surface area (Å²) in [4.78, 5) is 9.79. The van der Waals surface area contributed by atoms with E-state index in [2.05, 4.69) is 19.5 Å². The van der Waals surface area contributed by atoms with E-state index in [1.54, 1.807) is 39.7 Å². The molecule has 0 bridgehead atoms. The summed E-state index contributed by atoms with van der Waals surface area (Å²) in [5, 5.41) is 3.14. The third-order valence-corrected chi connectivity index (χ3v) is 6.64. The number of benzene rings is 2. The van der Waals surface area contributed by atoms with Crippen molar-refractivity contribution in [2.24, 2.45) is 4.99 Å². The zero-order chi connectivity index (χ0) is 24.1.